The van der Waals surface area contributed by atoms with Gasteiger partial charge in [-0.2, -0.15) is 0 Å². The number of ether oxygens (including phenoxy) is 3. The molecule has 8 heteroatoms. The summed E-state index contributed by atoms with van der Waals surface area (Å²) in [6.45, 7) is 18.0. The number of hydrogen-bond acceptors (Lipinski definition) is 8. The monoisotopic (exact) mass is 615 g/mol. The van der Waals surface area contributed by atoms with Crippen LogP contribution in [0.25, 0.3) is 0 Å². The van der Waals surface area contributed by atoms with Crippen molar-refractivity contribution in [3.8, 4) is 0 Å². The number of nitrogens with one attached hydrogen (secondary N) is 1. The maximum Gasteiger partial charge on any atom is 0.311 e. The minimum Gasteiger partial charge on any atom is -0.462 e. The zero-order valence-corrected chi connectivity index (χ0v) is 28.3. The van der Waals surface area contributed by atoms with Crippen molar-refractivity contribution in [3.63, 3.8) is 0 Å². The Bertz CT molecular complexity index is 1210. The Hall–Kier alpha value is -1.22. The first-order valence-corrected chi connectivity index (χ1v) is 17.6. The smallest absolute Gasteiger partial charge is 0.311 e. The number of rotatable bonds is 5. The van der Waals surface area contributed by atoms with E-state index in [1.807, 2.05) is 0 Å². The summed E-state index contributed by atoms with van der Waals surface area (Å²) in [4.78, 5) is 24.9. The highest BCUT2D eigenvalue weighted by Gasteiger charge is 2.84. The molecule has 0 aromatic carbocycles. The van der Waals surface area contributed by atoms with E-state index >= 15 is 0 Å². The number of hydrogen-bond donors (Lipinski definition) is 3. The summed E-state index contributed by atoms with van der Waals surface area (Å²) in [7, 11) is 0. The Labute approximate surface area is 263 Å². The quantitative estimate of drug-likeness (QED) is 0.384. The third kappa shape index (κ3) is 3.89. The van der Waals surface area contributed by atoms with Crippen LogP contribution in [-0.2, 0) is 23.8 Å². The second kappa shape index (κ2) is 9.67. The standard InChI is InChI=1S/C36H57NO7/c1-19-15-22(29(32(5,6)41)42-20(2)38)43-27-26(19)33(7)13-14-36-18-35(36)12-11-25(44-30(40)21-16-37-17-21)31(3,4)23(35)9-10-24(36)34(33,8)28(27)39/h19,21-29,37,39,41H,9-18H2,1-8H3/t19-,22?,23+,24?,25?,26+,27?,28+,29?,33?,34-,35?,36?/m1/s1. The predicted molar refractivity (Wildman–Crippen MR) is 164 cm³/mol. The average molecular weight is 616 g/mol. The van der Waals surface area contributed by atoms with Crippen LogP contribution in [0.3, 0.4) is 0 Å². The summed E-state index contributed by atoms with van der Waals surface area (Å²) in [6, 6.07) is 0. The lowest BCUT2D eigenvalue weighted by molar-refractivity contribution is -0.216. The summed E-state index contributed by atoms with van der Waals surface area (Å²) in [5.74, 6) is 0.939. The largest absolute Gasteiger partial charge is 0.462 e. The highest BCUT2D eigenvalue weighted by molar-refractivity contribution is 5.74. The molecule has 5 aliphatic carbocycles. The summed E-state index contributed by atoms with van der Waals surface area (Å²) >= 11 is 0. The van der Waals surface area contributed by atoms with Gasteiger partial charge in [-0.05, 0) is 105 Å². The first-order valence-electron chi connectivity index (χ1n) is 17.6. The fourth-order valence-electron chi connectivity index (χ4n) is 13.3. The lowest BCUT2D eigenvalue weighted by atomic mass is 9.41. The molecule has 13 atom stereocenters. The molecule has 3 N–H and O–H groups in total. The Kier molecular flexibility index (Phi) is 6.89. The van der Waals surface area contributed by atoms with Gasteiger partial charge in [-0.25, -0.2) is 0 Å². The molecule has 2 saturated heterocycles. The molecular weight excluding hydrogens is 558 g/mol. The Morgan fingerprint density at radius 1 is 1.00 bits per heavy atom. The molecule has 2 heterocycles. The molecule has 0 aromatic heterocycles. The second-order valence-corrected chi connectivity index (χ2v) is 18.0. The number of carbonyl (C=O) groups excluding carboxylic acids is 2. The summed E-state index contributed by atoms with van der Waals surface area (Å²) in [5.41, 5.74) is -1.22. The molecule has 8 unspecified atom stereocenters. The third-order valence-corrected chi connectivity index (χ3v) is 15.5. The van der Waals surface area contributed by atoms with Crippen LogP contribution in [-0.4, -0.2) is 71.4 Å². The Balaban J connectivity index is 1.16. The lowest BCUT2D eigenvalue weighted by Crippen LogP contribution is -2.60. The average Bonchev–Trinajstić information content (AvgIpc) is 3.52. The van der Waals surface area contributed by atoms with E-state index in [0.29, 0.717) is 18.3 Å². The van der Waals surface area contributed by atoms with Crippen LogP contribution in [0.1, 0.15) is 107 Å². The van der Waals surface area contributed by atoms with Crippen molar-refractivity contribution < 1.29 is 34.0 Å². The van der Waals surface area contributed by atoms with Gasteiger partial charge in [-0.15, -0.1) is 0 Å². The van der Waals surface area contributed by atoms with Gasteiger partial charge in [-0.3, -0.25) is 9.59 Å². The van der Waals surface area contributed by atoms with Crippen LogP contribution in [0.2, 0.25) is 0 Å². The SMILES string of the molecule is CC(=O)OC(C1C[C@@H](C)[C@H]2C(O1)[C@H](O)[C@@]1(C)C3CC[C@H]4C(C)(C)C(OC(=O)C5CNC5)CCC45CC35CCC21C)C(C)(C)O. The molecule has 7 fully saturated rings. The van der Waals surface area contributed by atoms with Gasteiger partial charge >= 0.3 is 11.9 Å². The predicted octanol–water partition coefficient (Wildman–Crippen LogP) is 4.63. The molecular formula is C36H57NO7. The van der Waals surface area contributed by atoms with Gasteiger partial charge in [0.25, 0.3) is 0 Å². The van der Waals surface area contributed by atoms with Gasteiger partial charge in [0.15, 0.2) is 6.10 Å². The van der Waals surface area contributed by atoms with E-state index in [-0.39, 0.29) is 63.0 Å². The van der Waals surface area contributed by atoms with E-state index in [1.54, 1.807) is 13.8 Å². The molecule has 7 aliphatic rings. The van der Waals surface area contributed by atoms with Crippen molar-refractivity contribution in [2.45, 2.75) is 143 Å². The topological polar surface area (TPSA) is 114 Å². The third-order valence-electron chi connectivity index (χ3n) is 15.5. The van der Waals surface area contributed by atoms with Crippen LogP contribution in [0.15, 0.2) is 0 Å². The van der Waals surface area contributed by atoms with Crippen molar-refractivity contribution in [2.75, 3.05) is 13.1 Å². The minimum atomic E-state index is -1.26. The van der Waals surface area contributed by atoms with Crippen molar-refractivity contribution in [1.82, 2.24) is 5.32 Å². The number of fused-ring (bicyclic) bond motifs is 4. The van der Waals surface area contributed by atoms with Crippen LogP contribution in [0.4, 0.5) is 0 Å². The molecule has 44 heavy (non-hydrogen) atoms. The molecule has 0 radical (unpaired) electrons. The Morgan fingerprint density at radius 2 is 1.66 bits per heavy atom. The summed E-state index contributed by atoms with van der Waals surface area (Å²) in [6.07, 6.45) is 6.16. The molecule has 8 nitrogen and oxygen atoms in total. The van der Waals surface area contributed by atoms with Crippen LogP contribution in [0, 0.1) is 56.7 Å². The Morgan fingerprint density at radius 3 is 2.27 bits per heavy atom. The van der Waals surface area contributed by atoms with Gasteiger partial charge in [-0.1, -0.05) is 34.6 Å². The van der Waals surface area contributed by atoms with E-state index in [4.69, 9.17) is 14.2 Å². The van der Waals surface area contributed by atoms with Crippen LogP contribution in [0.5, 0.6) is 0 Å². The highest BCUT2D eigenvalue weighted by atomic mass is 16.6. The molecule has 7 rings (SSSR count). The lowest BCUT2D eigenvalue weighted by Gasteiger charge is -2.63. The molecule has 0 bridgehead atoms. The van der Waals surface area contributed by atoms with Crippen molar-refractivity contribution >= 4 is 11.9 Å². The zero-order chi connectivity index (χ0) is 31.8. The molecule has 0 amide bonds. The van der Waals surface area contributed by atoms with E-state index in [1.165, 1.54) is 19.8 Å². The maximum absolute atomic E-state index is 12.9. The van der Waals surface area contributed by atoms with Crippen molar-refractivity contribution in [3.05, 3.63) is 0 Å². The van der Waals surface area contributed by atoms with Crippen molar-refractivity contribution in [1.29, 1.82) is 0 Å². The van der Waals surface area contributed by atoms with Gasteiger partial charge in [0.05, 0.1) is 29.8 Å². The number of aliphatic hydroxyl groups is 2. The highest BCUT2D eigenvalue weighted by Crippen LogP contribution is 2.89. The van der Waals surface area contributed by atoms with E-state index in [0.717, 1.165) is 45.2 Å². The van der Waals surface area contributed by atoms with E-state index < -0.39 is 29.9 Å². The fraction of sp³-hybridized carbons (Fsp3) is 0.944. The number of aliphatic hydroxyl groups excluding tert-OH is 1. The molecule has 2 aliphatic heterocycles. The summed E-state index contributed by atoms with van der Waals surface area (Å²) in [5, 5.41) is 26.7. The van der Waals surface area contributed by atoms with E-state index in [9.17, 15) is 19.8 Å². The van der Waals surface area contributed by atoms with Crippen LogP contribution < -0.4 is 5.32 Å². The molecule has 248 valence electrons. The van der Waals surface area contributed by atoms with Gasteiger partial charge < -0.3 is 29.7 Å². The van der Waals surface area contributed by atoms with Crippen molar-refractivity contribution in [2.24, 2.45) is 56.7 Å². The van der Waals surface area contributed by atoms with Gasteiger partial charge in [0, 0.05) is 30.8 Å². The second-order valence-electron chi connectivity index (χ2n) is 18.0. The number of carbonyl (C=O) groups is 2. The minimum absolute atomic E-state index is 0.00464. The van der Waals surface area contributed by atoms with Gasteiger partial charge in [0.1, 0.15) is 6.10 Å². The molecule has 0 aromatic rings. The zero-order valence-electron chi connectivity index (χ0n) is 28.3. The maximum atomic E-state index is 12.9. The first-order chi connectivity index (χ1) is 20.4. The first kappa shape index (κ1) is 31.4. The number of esters is 2. The van der Waals surface area contributed by atoms with Gasteiger partial charge in [0.2, 0.25) is 0 Å². The summed E-state index contributed by atoms with van der Waals surface area (Å²) < 4.78 is 18.7. The molecule has 2 spiro atoms. The molecule has 5 saturated carbocycles. The van der Waals surface area contributed by atoms with Crippen LogP contribution >= 0.6 is 0 Å². The van der Waals surface area contributed by atoms with E-state index in [2.05, 4.69) is 39.9 Å². The fourth-order valence-corrected chi connectivity index (χ4v) is 13.3. The normalized spacial score (nSPS) is 51.3.